The van der Waals surface area contributed by atoms with E-state index in [2.05, 4.69) is 10.2 Å². The summed E-state index contributed by atoms with van der Waals surface area (Å²) in [6.45, 7) is 0. The van der Waals surface area contributed by atoms with Crippen molar-refractivity contribution in [1.29, 1.82) is 0 Å². The number of halogens is 1. The van der Waals surface area contributed by atoms with Crippen molar-refractivity contribution >= 4 is 0 Å². The molecule has 0 saturated carbocycles. The third kappa shape index (κ3) is 2.06. The van der Waals surface area contributed by atoms with Crippen molar-refractivity contribution in [2.45, 2.75) is 0 Å². The Labute approximate surface area is 118 Å². The van der Waals surface area contributed by atoms with Crippen LogP contribution in [0.5, 0.6) is 17.2 Å². The highest BCUT2D eigenvalue weighted by molar-refractivity contribution is 5.85. The summed E-state index contributed by atoms with van der Waals surface area (Å²) in [5, 5.41) is 35.4. The Morgan fingerprint density at radius 1 is 0.857 bits per heavy atom. The lowest BCUT2D eigenvalue weighted by Crippen LogP contribution is -1.87. The highest BCUT2D eigenvalue weighted by Gasteiger charge is 2.19. The standard InChI is InChI=1S/C15H11FN2O3/c16-11-4-2-1-3-8(11)10-7-17-18-13(10)9-5-6-12(19)15(21)14(9)20/h1-7,19-21H,(H,17,18). The van der Waals surface area contributed by atoms with Crippen molar-refractivity contribution in [1.82, 2.24) is 10.2 Å². The first-order chi connectivity index (χ1) is 10.1. The number of benzene rings is 2. The predicted molar refractivity (Wildman–Crippen MR) is 74.4 cm³/mol. The van der Waals surface area contributed by atoms with Crippen LogP contribution < -0.4 is 0 Å². The molecule has 1 heterocycles. The number of phenols is 3. The van der Waals surface area contributed by atoms with Gasteiger partial charge in [-0.2, -0.15) is 5.10 Å². The minimum atomic E-state index is -0.637. The molecule has 0 unspecified atom stereocenters. The summed E-state index contributed by atoms with van der Waals surface area (Å²) in [5.74, 6) is -2.01. The molecule has 3 aromatic rings. The summed E-state index contributed by atoms with van der Waals surface area (Å²) in [6, 6.07) is 8.80. The molecule has 0 aliphatic carbocycles. The number of aromatic hydroxyl groups is 3. The summed E-state index contributed by atoms with van der Waals surface area (Å²) in [7, 11) is 0. The average Bonchev–Trinajstić information content (AvgIpc) is 2.94. The first-order valence-corrected chi connectivity index (χ1v) is 6.12. The quantitative estimate of drug-likeness (QED) is 0.545. The van der Waals surface area contributed by atoms with Crippen LogP contribution in [0, 0.1) is 5.82 Å². The Kier molecular flexibility index (Phi) is 2.98. The van der Waals surface area contributed by atoms with E-state index in [0.29, 0.717) is 16.8 Å². The smallest absolute Gasteiger partial charge is 0.200 e. The van der Waals surface area contributed by atoms with Gasteiger partial charge in [-0.1, -0.05) is 18.2 Å². The Morgan fingerprint density at radius 3 is 2.38 bits per heavy atom. The fourth-order valence-corrected chi connectivity index (χ4v) is 2.15. The second-order valence-corrected chi connectivity index (χ2v) is 4.47. The molecule has 5 nitrogen and oxygen atoms in total. The van der Waals surface area contributed by atoms with Gasteiger partial charge in [0.15, 0.2) is 11.5 Å². The van der Waals surface area contributed by atoms with E-state index in [4.69, 9.17) is 0 Å². The molecule has 0 radical (unpaired) electrons. The third-order valence-corrected chi connectivity index (χ3v) is 3.20. The van der Waals surface area contributed by atoms with Gasteiger partial charge < -0.3 is 15.3 Å². The highest BCUT2D eigenvalue weighted by atomic mass is 19.1. The summed E-state index contributed by atoms with van der Waals surface area (Å²) < 4.78 is 13.9. The summed E-state index contributed by atoms with van der Waals surface area (Å²) in [5.41, 5.74) is 1.30. The number of hydrogen-bond donors (Lipinski definition) is 4. The van der Waals surface area contributed by atoms with Crippen LogP contribution in [0.15, 0.2) is 42.6 Å². The molecule has 0 amide bonds. The molecule has 6 heteroatoms. The van der Waals surface area contributed by atoms with Gasteiger partial charge in [-0.05, 0) is 18.2 Å². The number of aromatic amines is 1. The Balaban J connectivity index is 2.21. The van der Waals surface area contributed by atoms with E-state index in [1.807, 2.05) is 0 Å². The fraction of sp³-hybridized carbons (Fsp3) is 0. The second kappa shape index (κ2) is 4.82. The number of nitrogens with zero attached hydrogens (tertiary/aromatic N) is 1. The normalized spacial score (nSPS) is 10.7. The van der Waals surface area contributed by atoms with Crippen molar-refractivity contribution in [3.63, 3.8) is 0 Å². The topological polar surface area (TPSA) is 89.4 Å². The zero-order valence-corrected chi connectivity index (χ0v) is 10.7. The first kappa shape index (κ1) is 13.0. The number of nitrogens with one attached hydrogen (secondary N) is 1. The van der Waals surface area contributed by atoms with E-state index in [0.717, 1.165) is 0 Å². The summed E-state index contributed by atoms with van der Waals surface area (Å²) in [6.07, 6.45) is 1.43. The highest BCUT2D eigenvalue weighted by Crippen LogP contribution is 2.44. The van der Waals surface area contributed by atoms with Gasteiger partial charge in [-0.3, -0.25) is 5.10 Å². The van der Waals surface area contributed by atoms with Crippen LogP contribution in [0.1, 0.15) is 0 Å². The number of aromatic nitrogens is 2. The minimum absolute atomic E-state index is 0.209. The van der Waals surface area contributed by atoms with Crippen LogP contribution in [0.25, 0.3) is 22.4 Å². The molecule has 0 spiro atoms. The number of phenolic OH excluding ortho intramolecular Hbond substituents is 3. The van der Waals surface area contributed by atoms with Gasteiger partial charge in [0.1, 0.15) is 5.82 Å². The van der Waals surface area contributed by atoms with Crippen LogP contribution in [0.4, 0.5) is 4.39 Å². The van der Waals surface area contributed by atoms with Crippen LogP contribution in [-0.4, -0.2) is 25.5 Å². The van der Waals surface area contributed by atoms with E-state index >= 15 is 0 Å². The molecular weight excluding hydrogens is 275 g/mol. The number of H-pyrrole nitrogens is 1. The molecule has 0 aliphatic rings. The Hall–Kier alpha value is -3.02. The first-order valence-electron chi connectivity index (χ1n) is 6.12. The van der Waals surface area contributed by atoms with E-state index in [9.17, 15) is 19.7 Å². The molecule has 2 aromatic carbocycles. The van der Waals surface area contributed by atoms with Gasteiger partial charge in [-0.15, -0.1) is 0 Å². The third-order valence-electron chi connectivity index (χ3n) is 3.20. The second-order valence-electron chi connectivity index (χ2n) is 4.47. The molecule has 0 saturated heterocycles. The van der Waals surface area contributed by atoms with Crippen molar-refractivity contribution in [2.24, 2.45) is 0 Å². The van der Waals surface area contributed by atoms with Crippen LogP contribution in [0.2, 0.25) is 0 Å². The molecule has 106 valence electrons. The lowest BCUT2D eigenvalue weighted by molar-refractivity contribution is 0.369. The molecule has 0 fully saturated rings. The van der Waals surface area contributed by atoms with Crippen molar-refractivity contribution in [3.05, 3.63) is 48.4 Å². The molecule has 1 aromatic heterocycles. The zero-order chi connectivity index (χ0) is 15.0. The van der Waals surface area contributed by atoms with E-state index < -0.39 is 23.1 Å². The summed E-state index contributed by atoms with van der Waals surface area (Å²) in [4.78, 5) is 0. The molecule has 0 aliphatic heterocycles. The molecular formula is C15H11FN2O3. The SMILES string of the molecule is Oc1ccc(-c2[nH]ncc2-c2ccccc2F)c(O)c1O. The van der Waals surface area contributed by atoms with E-state index in [1.54, 1.807) is 18.2 Å². The number of hydrogen-bond acceptors (Lipinski definition) is 4. The Morgan fingerprint density at radius 2 is 1.62 bits per heavy atom. The Bertz CT molecular complexity index is 814. The monoisotopic (exact) mass is 286 g/mol. The minimum Gasteiger partial charge on any atom is -0.504 e. The van der Waals surface area contributed by atoms with Gasteiger partial charge in [-0.25, -0.2) is 4.39 Å². The lowest BCUT2D eigenvalue weighted by Gasteiger charge is -2.08. The molecule has 4 N–H and O–H groups in total. The maximum atomic E-state index is 13.9. The average molecular weight is 286 g/mol. The fourth-order valence-electron chi connectivity index (χ4n) is 2.15. The van der Waals surface area contributed by atoms with Gasteiger partial charge >= 0.3 is 0 Å². The predicted octanol–water partition coefficient (Wildman–Crippen LogP) is 3.00. The van der Waals surface area contributed by atoms with Gasteiger partial charge in [0.25, 0.3) is 0 Å². The van der Waals surface area contributed by atoms with Crippen LogP contribution >= 0.6 is 0 Å². The van der Waals surface area contributed by atoms with Crippen LogP contribution in [-0.2, 0) is 0 Å². The largest absolute Gasteiger partial charge is 0.504 e. The van der Waals surface area contributed by atoms with Crippen molar-refractivity contribution in [2.75, 3.05) is 0 Å². The maximum absolute atomic E-state index is 13.9. The van der Waals surface area contributed by atoms with E-state index in [1.165, 1.54) is 24.4 Å². The van der Waals surface area contributed by atoms with Crippen molar-refractivity contribution in [3.8, 4) is 39.6 Å². The van der Waals surface area contributed by atoms with Crippen LogP contribution in [0.3, 0.4) is 0 Å². The van der Waals surface area contributed by atoms with E-state index in [-0.39, 0.29) is 5.56 Å². The van der Waals surface area contributed by atoms with Gasteiger partial charge in [0.2, 0.25) is 5.75 Å². The zero-order valence-electron chi connectivity index (χ0n) is 10.7. The molecule has 3 rings (SSSR count). The van der Waals surface area contributed by atoms with Gasteiger partial charge in [0.05, 0.1) is 11.9 Å². The van der Waals surface area contributed by atoms with Gasteiger partial charge in [0, 0.05) is 16.7 Å². The molecule has 0 bridgehead atoms. The summed E-state index contributed by atoms with van der Waals surface area (Å²) >= 11 is 0. The molecule has 21 heavy (non-hydrogen) atoms. The molecule has 0 atom stereocenters. The number of rotatable bonds is 2. The maximum Gasteiger partial charge on any atom is 0.200 e. The lowest BCUT2D eigenvalue weighted by atomic mass is 10.0. The van der Waals surface area contributed by atoms with Crippen molar-refractivity contribution < 1.29 is 19.7 Å².